The Hall–Kier alpha value is -3.57. The summed E-state index contributed by atoms with van der Waals surface area (Å²) < 4.78 is 37.0. The molecule has 2 N–H and O–H groups in total. The van der Waals surface area contributed by atoms with Gasteiger partial charge in [0, 0.05) is 13.1 Å². The van der Waals surface area contributed by atoms with Crippen LogP contribution in [0.4, 0.5) is 30.5 Å². The number of nitrogens with one attached hydrogen (secondary N) is 1. The Morgan fingerprint density at radius 1 is 1.16 bits per heavy atom. The number of carbonyl (C=O) groups excluding carboxylic acids is 1. The van der Waals surface area contributed by atoms with Crippen LogP contribution < -0.4 is 19.9 Å². The number of rotatable bonds is 6. The first-order valence-corrected chi connectivity index (χ1v) is 12.1. The molecule has 0 saturated carbocycles. The zero-order valence-electron chi connectivity index (χ0n) is 21.1. The number of carboxylic acid groups (broad SMARTS) is 1. The van der Waals surface area contributed by atoms with Gasteiger partial charge in [-0.3, -0.25) is 9.69 Å². The normalized spacial score (nSPS) is 17.5. The molecule has 2 aliphatic heterocycles. The molecule has 202 valence electrons. The highest BCUT2D eigenvalue weighted by atomic mass is 19.4. The van der Waals surface area contributed by atoms with Crippen molar-refractivity contribution >= 4 is 29.2 Å². The Morgan fingerprint density at radius 3 is 2.32 bits per heavy atom. The number of anilines is 3. The molecule has 3 heterocycles. The van der Waals surface area contributed by atoms with Crippen molar-refractivity contribution in [2.45, 2.75) is 58.3 Å². The van der Waals surface area contributed by atoms with Crippen LogP contribution in [0.3, 0.4) is 0 Å². The first-order chi connectivity index (χ1) is 17.5. The van der Waals surface area contributed by atoms with Crippen LogP contribution in [-0.2, 0) is 16.1 Å². The van der Waals surface area contributed by atoms with E-state index in [1.165, 1.54) is 6.42 Å². The number of nitrogens with zero attached hydrogens (tertiary/aromatic N) is 4. The third-order valence-corrected chi connectivity index (χ3v) is 6.05. The van der Waals surface area contributed by atoms with Gasteiger partial charge in [0.2, 0.25) is 5.91 Å². The number of benzene rings is 1. The minimum absolute atomic E-state index is 0.0834. The second-order valence-electron chi connectivity index (χ2n) is 9.34. The summed E-state index contributed by atoms with van der Waals surface area (Å²) in [6.07, 6.45) is 0.834. The highest BCUT2D eigenvalue weighted by molar-refractivity contribution is 6.06. The topological polar surface area (TPSA) is 108 Å². The van der Waals surface area contributed by atoms with Gasteiger partial charge in [0.1, 0.15) is 23.8 Å². The van der Waals surface area contributed by atoms with Crippen LogP contribution in [0.5, 0.6) is 5.75 Å². The molecular formula is C25H32F3N5O4. The molecule has 1 aromatic heterocycles. The van der Waals surface area contributed by atoms with E-state index in [9.17, 15) is 18.0 Å². The van der Waals surface area contributed by atoms with Crippen LogP contribution in [-0.4, -0.2) is 59.4 Å². The predicted molar refractivity (Wildman–Crippen MR) is 133 cm³/mol. The Bertz CT molecular complexity index is 1070. The summed E-state index contributed by atoms with van der Waals surface area (Å²) in [6, 6.07) is 7.61. The van der Waals surface area contributed by atoms with Gasteiger partial charge in [0.25, 0.3) is 0 Å². The summed E-state index contributed by atoms with van der Waals surface area (Å²) in [5, 5.41) is 10.5. The number of hydrogen-bond donors (Lipinski definition) is 2. The molecule has 0 bridgehead atoms. The molecule has 1 amide bonds. The predicted octanol–water partition coefficient (Wildman–Crippen LogP) is 4.48. The summed E-state index contributed by atoms with van der Waals surface area (Å²) in [4.78, 5) is 35.8. The zero-order chi connectivity index (χ0) is 27.2. The van der Waals surface area contributed by atoms with Crippen LogP contribution in [0.2, 0.25) is 0 Å². The van der Waals surface area contributed by atoms with Crippen molar-refractivity contribution in [3.8, 4) is 5.75 Å². The molecule has 0 radical (unpaired) electrons. The minimum Gasteiger partial charge on any atom is -0.497 e. The van der Waals surface area contributed by atoms with Crippen LogP contribution >= 0.6 is 0 Å². The van der Waals surface area contributed by atoms with E-state index in [0.29, 0.717) is 12.5 Å². The number of carboxylic acids is 1. The zero-order valence-corrected chi connectivity index (χ0v) is 21.1. The Kier molecular flexibility index (Phi) is 9.17. The second-order valence-corrected chi connectivity index (χ2v) is 9.34. The molecule has 2 aromatic rings. The van der Waals surface area contributed by atoms with E-state index in [1.54, 1.807) is 13.4 Å². The SMILES string of the molecule is COc1ccc(CN2C(=O)C(CC(C)C)Nc3ncnc(N4CCCCC4)c32)cc1.O=C(O)C(F)(F)F. The van der Waals surface area contributed by atoms with Crippen LogP contribution in [0.25, 0.3) is 0 Å². The maximum atomic E-state index is 13.6. The van der Waals surface area contributed by atoms with Gasteiger partial charge in [-0.25, -0.2) is 14.8 Å². The number of halogens is 3. The van der Waals surface area contributed by atoms with E-state index in [2.05, 4.69) is 34.0 Å². The van der Waals surface area contributed by atoms with Gasteiger partial charge in [-0.05, 0) is 49.3 Å². The van der Waals surface area contributed by atoms with Crippen molar-refractivity contribution in [1.29, 1.82) is 0 Å². The number of carbonyl (C=O) groups is 2. The number of amides is 1. The van der Waals surface area contributed by atoms with Gasteiger partial charge >= 0.3 is 12.1 Å². The number of aliphatic carboxylic acids is 1. The monoisotopic (exact) mass is 523 g/mol. The molecule has 37 heavy (non-hydrogen) atoms. The molecule has 1 saturated heterocycles. The quantitative estimate of drug-likeness (QED) is 0.571. The van der Waals surface area contributed by atoms with Crippen molar-refractivity contribution in [1.82, 2.24) is 9.97 Å². The largest absolute Gasteiger partial charge is 0.497 e. The third-order valence-electron chi connectivity index (χ3n) is 6.05. The first kappa shape index (κ1) is 28.0. The summed E-state index contributed by atoms with van der Waals surface area (Å²) in [7, 11) is 1.66. The van der Waals surface area contributed by atoms with Gasteiger partial charge in [-0.15, -0.1) is 0 Å². The van der Waals surface area contributed by atoms with Gasteiger partial charge in [-0.1, -0.05) is 26.0 Å². The highest BCUT2D eigenvalue weighted by Gasteiger charge is 2.38. The Labute approximate surface area is 213 Å². The van der Waals surface area contributed by atoms with Crippen molar-refractivity contribution in [2.75, 3.05) is 35.3 Å². The average molecular weight is 524 g/mol. The lowest BCUT2D eigenvalue weighted by Crippen LogP contribution is -2.48. The number of alkyl halides is 3. The van der Waals surface area contributed by atoms with Crippen LogP contribution in [0.1, 0.15) is 45.1 Å². The molecule has 2 aliphatic rings. The van der Waals surface area contributed by atoms with E-state index in [1.807, 2.05) is 29.2 Å². The van der Waals surface area contributed by atoms with E-state index < -0.39 is 12.1 Å². The molecule has 1 fully saturated rings. The molecule has 0 spiro atoms. The molecule has 4 rings (SSSR count). The fourth-order valence-corrected chi connectivity index (χ4v) is 4.29. The van der Waals surface area contributed by atoms with Crippen LogP contribution in [0, 0.1) is 5.92 Å². The molecule has 9 nitrogen and oxygen atoms in total. The van der Waals surface area contributed by atoms with Gasteiger partial charge in [0.15, 0.2) is 11.6 Å². The maximum absolute atomic E-state index is 13.6. The van der Waals surface area contributed by atoms with Gasteiger partial charge < -0.3 is 20.1 Å². The summed E-state index contributed by atoms with van der Waals surface area (Å²) in [5.74, 6) is 0.147. The van der Waals surface area contributed by atoms with Gasteiger partial charge in [-0.2, -0.15) is 13.2 Å². The Balaban J connectivity index is 0.000000479. The standard InChI is InChI=1S/C23H31N5O2.C2HF3O2/c1-16(2)13-19-23(29)28(14-17-7-9-18(30-3)10-8-17)20-21(26-19)24-15-25-22(20)27-11-5-4-6-12-27;3-2(4,5)1(6)7/h7-10,15-16,19H,4-6,11-14H2,1-3H3,(H,24,25,26);(H,6,7). The number of ether oxygens (including phenoxy) is 1. The fourth-order valence-electron chi connectivity index (χ4n) is 4.29. The van der Waals surface area contributed by atoms with E-state index in [-0.39, 0.29) is 11.9 Å². The average Bonchev–Trinajstić information content (AvgIpc) is 2.86. The second kappa shape index (κ2) is 12.1. The summed E-state index contributed by atoms with van der Waals surface area (Å²) in [5.41, 5.74) is 1.86. The smallest absolute Gasteiger partial charge is 0.490 e. The number of aromatic nitrogens is 2. The van der Waals surface area contributed by atoms with Crippen molar-refractivity contribution in [3.05, 3.63) is 36.2 Å². The lowest BCUT2D eigenvalue weighted by Gasteiger charge is -2.38. The Morgan fingerprint density at radius 2 is 1.78 bits per heavy atom. The lowest BCUT2D eigenvalue weighted by atomic mass is 9.99. The third kappa shape index (κ3) is 7.23. The van der Waals surface area contributed by atoms with E-state index >= 15 is 0 Å². The van der Waals surface area contributed by atoms with E-state index in [4.69, 9.17) is 14.6 Å². The van der Waals surface area contributed by atoms with Crippen molar-refractivity contribution < 1.29 is 32.6 Å². The lowest BCUT2D eigenvalue weighted by molar-refractivity contribution is -0.192. The molecule has 0 aliphatic carbocycles. The number of hydrogen-bond acceptors (Lipinski definition) is 7. The number of fused-ring (bicyclic) bond motifs is 1. The molecule has 12 heteroatoms. The molecule has 1 unspecified atom stereocenters. The van der Waals surface area contributed by atoms with Crippen molar-refractivity contribution in [2.24, 2.45) is 5.92 Å². The number of piperidine rings is 1. The first-order valence-electron chi connectivity index (χ1n) is 12.1. The molecule has 1 aromatic carbocycles. The van der Waals surface area contributed by atoms with E-state index in [0.717, 1.165) is 61.0 Å². The molecular weight excluding hydrogens is 491 g/mol. The van der Waals surface area contributed by atoms with Gasteiger partial charge in [0.05, 0.1) is 13.7 Å². The number of methoxy groups -OCH3 is 1. The highest BCUT2D eigenvalue weighted by Crippen LogP contribution is 2.40. The summed E-state index contributed by atoms with van der Waals surface area (Å²) in [6.45, 7) is 6.68. The molecule has 1 atom stereocenters. The minimum atomic E-state index is -5.08. The summed E-state index contributed by atoms with van der Waals surface area (Å²) >= 11 is 0. The van der Waals surface area contributed by atoms with Crippen LogP contribution in [0.15, 0.2) is 30.6 Å². The van der Waals surface area contributed by atoms with Crippen molar-refractivity contribution in [3.63, 3.8) is 0 Å². The fraction of sp³-hybridized carbons (Fsp3) is 0.520. The maximum Gasteiger partial charge on any atom is 0.490 e.